The molecule has 2 saturated carbocycles. The molecule has 1 heterocycles. The second-order valence-corrected chi connectivity index (χ2v) is 6.91. The van der Waals surface area contributed by atoms with E-state index in [1.165, 1.54) is 44.9 Å². The lowest BCUT2D eigenvalue weighted by atomic mass is 9.97. The van der Waals surface area contributed by atoms with Crippen molar-refractivity contribution >= 4 is 17.2 Å². The minimum Gasteiger partial charge on any atom is -0.349 e. The summed E-state index contributed by atoms with van der Waals surface area (Å²) in [5, 5.41) is 4.36. The second kappa shape index (κ2) is 6.04. The Bertz CT molecular complexity index is 431. The molecule has 3 nitrogen and oxygen atoms in total. The van der Waals surface area contributed by atoms with E-state index in [0.717, 1.165) is 22.7 Å². The van der Waals surface area contributed by atoms with E-state index in [4.69, 9.17) is 0 Å². The van der Waals surface area contributed by atoms with Crippen LogP contribution >= 0.6 is 11.3 Å². The highest BCUT2D eigenvalue weighted by atomic mass is 32.1. The summed E-state index contributed by atoms with van der Waals surface area (Å²) >= 11 is 1.59. The van der Waals surface area contributed by atoms with E-state index in [0.29, 0.717) is 12.0 Å². The maximum absolute atomic E-state index is 12.2. The van der Waals surface area contributed by atoms with Gasteiger partial charge in [-0.2, -0.15) is 0 Å². The highest BCUT2D eigenvalue weighted by Gasteiger charge is 2.27. The molecule has 4 heteroatoms. The molecule has 1 aromatic rings. The van der Waals surface area contributed by atoms with Crippen LogP contribution in [0.5, 0.6) is 0 Å². The van der Waals surface area contributed by atoms with Crippen LogP contribution in [-0.4, -0.2) is 16.9 Å². The summed E-state index contributed by atoms with van der Waals surface area (Å²) in [4.78, 5) is 17.4. The molecule has 104 valence electrons. The molecule has 2 fully saturated rings. The van der Waals surface area contributed by atoms with Crippen molar-refractivity contribution in [2.45, 2.75) is 69.7 Å². The van der Waals surface area contributed by atoms with E-state index < -0.39 is 0 Å². The van der Waals surface area contributed by atoms with Gasteiger partial charge in [-0.1, -0.05) is 32.1 Å². The third-order valence-corrected chi connectivity index (χ3v) is 5.27. The summed E-state index contributed by atoms with van der Waals surface area (Å²) in [6.45, 7) is 0. The van der Waals surface area contributed by atoms with E-state index in [-0.39, 0.29) is 5.91 Å². The Morgan fingerprint density at radius 1 is 1.11 bits per heavy atom. The van der Waals surface area contributed by atoms with Crippen LogP contribution in [-0.2, 0) is 0 Å². The zero-order valence-corrected chi connectivity index (χ0v) is 12.2. The van der Waals surface area contributed by atoms with Gasteiger partial charge in [-0.3, -0.25) is 4.79 Å². The topological polar surface area (TPSA) is 42.0 Å². The Balaban J connectivity index is 1.56. The average Bonchev–Trinajstić information content (AvgIpc) is 3.10. The molecule has 0 aromatic carbocycles. The predicted molar refractivity (Wildman–Crippen MR) is 77.7 cm³/mol. The number of carbonyl (C=O) groups excluding carboxylic acids is 1. The zero-order chi connectivity index (χ0) is 13.1. The fourth-order valence-corrected chi connectivity index (χ4v) is 3.76. The van der Waals surface area contributed by atoms with Crippen molar-refractivity contribution in [1.82, 2.24) is 10.3 Å². The number of thiazole rings is 1. The van der Waals surface area contributed by atoms with Gasteiger partial charge in [0.25, 0.3) is 5.91 Å². The molecule has 0 bridgehead atoms. The van der Waals surface area contributed by atoms with Gasteiger partial charge in [0.2, 0.25) is 0 Å². The molecule has 3 rings (SSSR count). The van der Waals surface area contributed by atoms with Gasteiger partial charge in [-0.15, -0.1) is 11.3 Å². The van der Waals surface area contributed by atoms with Crippen LogP contribution < -0.4 is 5.32 Å². The molecule has 0 aliphatic heterocycles. The molecular formula is C15H22N2OS. The van der Waals surface area contributed by atoms with Crippen LogP contribution in [0.15, 0.2) is 6.20 Å². The van der Waals surface area contributed by atoms with Crippen LogP contribution in [0.1, 0.15) is 78.4 Å². The first-order valence-corrected chi connectivity index (χ1v) is 8.41. The minimum atomic E-state index is 0.0926. The molecule has 0 saturated heterocycles. The molecule has 2 aliphatic rings. The molecule has 0 unspecified atom stereocenters. The van der Waals surface area contributed by atoms with Gasteiger partial charge in [-0.05, 0) is 25.7 Å². The molecule has 1 N–H and O–H groups in total. The molecule has 2 aliphatic carbocycles. The van der Waals surface area contributed by atoms with Gasteiger partial charge in [0.1, 0.15) is 4.88 Å². The lowest BCUT2D eigenvalue weighted by Crippen LogP contribution is -2.34. The van der Waals surface area contributed by atoms with Crippen molar-refractivity contribution in [1.29, 1.82) is 0 Å². The molecular weight excluding hydrogens is 256 g/mol. The molecule has 0 radical (unpaired) electrons. The maximum atomic E-state index is 12.2. The summed E-state index contributed by atoms with van der Waals surface area (Å²) < 4.78 is 0. The lowest BCUT2D eigenvalue weighted by molar-refractivity contribution is 0.0934. The van der Waals surface area contributed by atoms with Crippen molar-refractivity contribution in [2.24, 2.45) is 0 Å². The average molecular weight is 278 g/mol. The quantitative estimate of drug-likeness (QED) is 0.912. The predicted octanol–water partition coefficient (Wildman–Crippen LogP) is 3.86. The molecule has 19 heavy (non-hydrogen) atoms. The first-order chi connectivity index (χ1) is 9.33. The third-order valence-electron chi connectivity index (χ3n) is 4.11. The largest absolute Gasteiger partial charge is 0.349 e. The number of hydrogen-bond acceptors (Lipinski definition) is 3. The van der Waals surface area contributed by atoms with Crippen LogP contribution in [0.2, 0.25) is 0 Å². The monoisotopic (exact) mass is 278 g/mol. The van der Waals surface area contributed by atoms with Crippen LogP contribution in [0.25, 0.3) is 0 Å². The van der Waals surface area contributed by atoms with E-state index >= 15 is 0 Å². The van der Waals surface area contributed by atoms with Gasteiger partial charge >= 0.3 is 0 Å². The zero-order valence-electron chi connectivity index (χ0n) is 11.4. The van der Waals surface area contributed by atoms with E-state index in [9.17, 15) is 4.79 Å². The van der Waals surface area contributed by atoms with Gasteiger partial charge in [-0.25, -0.2) is 4.98 Å². The van der Waals surface area contributed by atoms with Gasteiger partial charge < -0.3 is 5.32 Å². The summed E-state index contributed by atoms with van der Waals surface area (Å²) in [6, 6.07) is 0.374. The normalized spacial score (nSPS) is 21.7. The lowest BCUT2D eigenvalue weighted by Gasteiger charge is -2.20. The first kappa shape index (κ1) is 13.1. The Hall–Kier alpha value is -0.900. The van der Waals surface area contributed by atoms with Crippen LogP contribution in [0.3, 0.4) is 0 Å². The Morgan fingerprint density at radius 2 is 1.79 bits per heavy atom. The van der Waals surface area contributed by atoms with Gasteiger partial charge in [0.05, 0.1) is 11.2 Å². The number of nitrogens with zero attached hydrogens (tertiary/aromatic N) is 1. The number of hydrogen-bond donors (Lipinski definition) is 1. The summed E-state index contributed by atoms with van der Waals surface area (Å²) in [5.41, 5.74) is 0. The molecule has 1 amide bonds. The highest BCUT2D eigenvalue weighted by molar-refractivity contribution is 7.13. The van der Waals surface area contributed by atoms with Crippen molar-refractivity contribution in [3.05, 3.63) is 16.1 Å². The standard InChI is InChI=1S/C15H22N2OS/c18-14(13-10-16-15(19-13)11-8-9-11)17-12-6-4-2-1-3-5-7-12/h10-12H,1-9H2,(H,17,18). The molecule has 0 spiro atoms. The van der Waals surface area contributed by atoms with Crippen molar-refractivity contribution in [3.8, 4) is 0 Å². The summed E-state index contributed by atoms with van der Waals surface area (Å²) in [5.74, 6) is 0.739. The number of nitrogens with one attached hydrogen (secondary N) is 1. The Kier molecular flexibility index (Phi) is 4.16. The van der Waals surface area contributed by atoms with Gasteiger partial charge in [0.15, 0.2) is 0 Å². The number of rotatable bonds is 3. The SMILES string of the molecule is O=C(NC1CCCCCCC1)c1cnc(C2CC2)s1. The molecule has 1 aromatic heterocycles. The Labute approximate surface area is 118 Å². The fraction of sp³-hybridized carbons (Fsp3) is 0.733. The van der Waals surface area contributed by atoms with E-state index in [2.05, 4.69) is 10.3 Å². The maximum Gasteiger partial charge on any atom is 0.263 e. The van der Waals surface area contributed by atoms with Crippen LogP contribution in [0, 0.1) is 0 Å². The van der Waals surface area contributed by atoms with E-state index in [1.807, 2.05) is 0 Å². The van der Waals surface area contributed by atoms with Crippen molar-refractivity contribution < 1.29 is 4.79 Å². The summed E-state index contributed by atoms with van der Waals surface area (Å²) in [6.07, 6.45) is 13.0. The smallest absolute Gasteiger partial charge is 0.263 e. The van der Waals surface area contributed by atoms with E-state index in [1.54, 1.807) is 17.5 Å². The summed E-state index contributed by atoms with van der Waals surface area (Å²) in [7, 11) is 0. The van der Waals surface area contributed by atoms with Crippen molar-refractivity contribution in [3.63, 3.8) is 0 Å². The van der Waals surface area contributed by atoms with Crippen LogP contribution in [0.4, 0.5) is 0 Å². The second-order valence-electron chi connectivity index (χ2n) is 5.85. The third kappa shape index (κ3) is 3.56. The Morgan fingerprint density at radius 3 is 2.47 bits per heavy atom. The fourth-order valence-electron chi connectivity index (χ4n) is 2.77. The highest BCUT2D eigenvalue weighted by Crippen LogP contribution is 2.41. The van der Waals surface area contributed by atoms with Crippen molar-refractivity contribution in [2.75, 3.05) is 0 Å². The van der Waals surface area contributed by atoms with Gasteiger partial charge in [0, 0.05) is 12.0 Å². The number of carbonyl (C=O) groups is 1. The minimum absolute atomic E-state index is 0.0926. The first-order valence-electron chi connectivity index (χ1n) is 7.59. The molecule has 0 atom stereocenters. The number of aromatic nitrogens is 1. The number of amides is 1.